The summed E-state index contributed by atoms with van der Waals surface area (Å²) in [5.41, 5.74) is 1.04. The molecule has 0 unspecified atom stereocenters. The van der Waals surface area contributed by atoms with Crippen LogP contribution in [0.5, 0.6) is 5.75 Å². The van der Waals surface area contributed by atoms with E-state index in [-0.39, 0.29) is 5.69 Å². The second kappa shape index (κ2) is 4.69. The highest BCUT2D eigenvalue weighted by atomic mass is 32.2. The average Bonchev–Trinajstić information content (AvgIpc) is 2.87. The van der Waals surface area contributed by atoms with Gasteiger partial charge in [-0.05, 0) is 18.2 Å². The predicted octanol–water partition coefficient (Wildman–Crippen LogP) is 2.69. The van der Waals surface area contributed by atoms with E-state index in [9.17, 15) is 10.1 Å². The van der Waals surface area contributed by atoms with E-state index in [1.807, 2.05) is 28.9 Å². The van der Waals surface area contributed by atoms with E-state index >= 15 is 0 Å². The number of nitro benzene ring substituents is 1. The van der Waals surface area contributed by atoms with E-state index in [1.165, 1.54) is 24.3 Å². The number of allylic oxidation sites excluding steroid dienone is 2. The van der Waals surface area contributed by atoms with E-state index < -0.39 is 4.92 Å². The molecule has 7 heteroatoms. The third-order valence-corrected chi connectivity index (χ3v) is 3.31. The molecular weight excluding hydrogens is 266 g/mol. The lowest BCUT2D eigenvalue weighted by molar-refractivity contribution is -0.384. The first-order valence-electron chi connectivity index (χ1n) is 5.46. The van der Waals surface area contributed by atoms with Crippen LogP contribution in [0.15, 0.2) is 60.3 Å². The van der Waals surface area contributed by atoms with Gasteiger partial charge in [0.15, 0.2) is 0 Å². The van der Waals surface area contributed by atoms with Crippen LogP contribution in [0.4, 0.5) is 5.69 Å². The molecule has 0 atom stereocenters. The number of hydrogen-bond donors (Lipinski definition) is 1. The molecule has 0 aromatic heterocycles. The summed E-state index contributed by atoms with van der Waals surface area (Å²) in [4.78, 5) is 10.1. The summed E-state index contributed by atoms with van der Waals surface area (Å²) in [5.74, 6) is 1.25. The Kier molecular flexibility index (Phi) is 2.88. The average molecular weight is 275 g/mol. The first-order valence-corrected chi connectivity index (χ1v) is 6.24. The Morgan fingerprint density at radius 1 is 1.32 bits per heavy atom. The van der Waals surface area contributed by atoms with Gasteiger partial charge in [0, 0.05) is 30.6 Å². The van der Waals surface area contributed by atoms with Crippen LogP contribution in [-0.4, -0.2) is 9.23 Å². The molecule has 0 aliphatic carbocycles. The highest BCUT2D eigenvalue weighted by Crippen LogP contribution is 2.28. The van der Waals surface area contributed by atoms with Crippen molar-refractivity contribution >= 4 is 17.8 Å². The molecule has 0 saturated heterocycles. The summed E-state index contributed by atoms with van der Waals surface area (Å²) >= 11 is 1.47. The van der Waals surface area contributed by atoms with Crippen molar-refractivity contribution in [2.45, 2.75) is 0 Å². The third-order valence-electron chi connectivity index (χ3n) is 2.56. The summed E-state index contributed by atoms with van der Waals surface area (Å²) in [5, 5.41) is 10.5. The fourth-order valence-electron chi connectivity index (χ4n) is 1.65. The quantitative estimate of drug-likeness (QED) is 0.519. The minimum Gasteiger partial charge on any atom is -0.457 e. The summed E-state index contributed by atoms with van der Waals surface area (Å²) in [7, 11) is 0. The Bertz CT molecular complexity index is 607. The summed E-state index contributed by atoms with van der Waals surface area (Å²) in [6.45, 7) is 0. The van der Waals surface area contributed by atoms with Gasteiger partial charge in [-0.25, -0.2) is 0 Å². The van der Waals surface area contributed by atoms with Crippen molar-refractivity contribution in [3.63, 3.8) is 0 Å². The first kappa shape index (κ1) is 11.7. The van der Waals surface area contributed by atoms with Gasteiger partial charge in [-0.3, -0.25) is 14.4 Å². The zero-order valence-corrected chi connectivity index (χ0v) is 10.5. The number of fused-ring (bicyclic) bond motifs is 1. The van der Waals surface area contributed by atoms with Crippen molar-refractivity contribution < 1.29 is 9.66 Å². The fourth-order valence-corrected chi connectivity index (χ4v) is 2.27. The van der Waals surface area contributed by atoms with Crippen LogP contribution in [-0.2, 0) is 0 Å². The molecule has 0 fully saturated rings. The maximum absolute atomic E-state index is 10.5. The second-order valence-electron chi connectivity index (χ2n) is 3.82. The lowest BCUT2D eigenvalue weighted by atomic mass is 10.3. The van der Waals surface area contributed by atoms with Gasteiger partial charge in [0.2, 0.25) is 0 Å². The predicted molar refractivity (Wildman–Crippen MR) is 71.6 cm³/mol. The van der Waals surface area contributed by atoms with Crippen molar-refractivity contribution in [1.29, 1.82) is 0 Å². The Morgan fingerprint density at radius 2 is 2.11 bits per heavy atom. The minimum atomic E-state index is -0.437. The molecular formula is C12H9N3O3S. The standard InChI is InChI=1S/C12H9N3O3S/c16-15(17)9-1-3-11(4-2-9)18-12-5-6-14-10(7-12)8-13-19-14/h1-8,13H. The van der Waals surface area contributed by atoms with Crippen molar-refractivity contribution in [2.75, 3.05) is 0 Å². The SMILES string of the molecule is O=[N+]([O-])c1ccc(OC2=CC3=CNSN3C=C2)cc1. The van der Waals surface area contributed by atoms with Gasteiger partial charge in [0.05, 0.1) is 22.8 Å². The Morgan fingerprint density at radius 3 is 2.84 bits per heavy atom. The molecule has 2 aliphatic rings. The fraction of sp³-hybridized carbons (Fsp3) is 0. The molecule has 2 heterocycles. The normalized spacial score (nSPS) is 16.3. The molecule has 96 valence electrons. The molecule has 19 heavy (non-hydrogen) atoms. The van der Waals surface area contributed by atoms with Gasteiger partial charge in [0.1, 0.15) is 11.5 Å². The molecule has 0 saturated carbocycles. The molecule has 1 aromatic carbocycles. The Hall–Kier alpha value is -2.41. The molecule has 2 aliphatic heterocycles. The van der Waals surface area contributed by atoms with Gasteiger partial charge in [-0.15, -0.1) is 0 Å². The van der Waals surface area contributed by atoms with E-state index in [0.29, 0.717) is 11.5 Å². The number of hydrogen-bond acceptors (Lipinski definition) is 6. The number of nitro groups is 1. The van der Waals surface area contributed by atoms with Crippen LogP contribution >= 0.6 is 12.1 Å². The Labute approximate surface area is 113 Å². The van der Waals surface area contributed by atoms with Crippen LogP contribution in [0.1, 0.15) is 0 Å². The first-order chi connectivity index (χ1) is 9.22. The summed E-state index contributed by atoms with van der Waals surface area (Å²) < 4.78 is 10.6. The molecule has 1 aromatic rings. The van der Waals surface area contributed by atoms with Gasteiger partial charge in [-0.2, -0.15) is 0 Å². The molecule has 0 bridgehead atoms. The maximum Gasteiger partial charge on any atom is 0.269 e. The van der Waals surface area contributed by atoms with Gasteiger partial charge < -0.3 is 9.46 Å². The van der Waals surface area contributed by atoms with Crippen LogP contribution < -0.4 is 9.46 Å². The van der Waals surface area contributed by atoms with Crippen LogP contribution in [0.25, 0.3) is 0 Å². The van der Waals surface area contributed by atoms with E-state index in [4.69, 9.17) is 4.74 Å². The van der Waals surface area contributed by atoms with E-state index in [1.54, 1.807) is 12.1 Å². The number of nitrogens with zero attached hydrogens (tertiary/aromatic N) is 2. The highest BCUT2D eigenvalue weighted by molar-refractivity contribution is 7.95. The molecule has 0 spiro atoms. The molecule has 6 nitrogen and oxygen atoms in total. The zero-order valence-electron chi connectivity index (χ0n) is 9.65. The number of non-ortho nitro benzene ring substituents is 1. The van der Waals surface area contributed by atoms with Crippen LogP contribution in [0.3, 0.4) is 0 Å². The summed E-state index contributed by atoms with van der Waals surface area (Å²) in [6.07, 6.45) is 7.47. The minimum absolute atomic E-state index is 0.0470. The zero-order chi connectivity index (χ0) is 13.2. The van der Waals surface area contributed by atoms with E-state index in [2.05, 4.69) is 4.72 Å². The van der Waals surface area contributed by atoms with Crippen molar-refractivity contribution in [3.8, 4) is 5.75 Å². The van der Waals surface area contributed by atoms with Gasteiger partial charge in [-0.1, -0.05) is 0 Å². The number of benzene rings is 1. The van der Waals surface area contributed by atoms with Gasteiger partial charge in [0.25, 0.3) is 5.69 Å². The van der Waals surface area contributed by atoms with Crippen LogP contribution in [0, 0.1) is 10.1 Å². The molecule has 0 amide bonds. The van der Waals surface area contributed by atoms with Gasteiger partial charge >= 0.3 is 0 Å². The summed E-state index contributed by atoms with van der Waals surface area (Å²) in [6, 6.07) is 5.99. The number of ether oxygens (including phenoxy) is 1. The topological polar surface area (TPSA) is 67.6 Å². The number of nitrogens with one attached hydrogen (secondary N) is 1. The van der Waals surface area contributed by atoms with Crippen molar-refractivity contribution in [1.82, 2.24) is 9.03 Å². The largest absolute Gasteiger partial charge is 0.457 e. The van der Waals surface area contributed by atoms with E-state index in [0.717, 1.165) is 5.70 Å². The van der Waals surface area contributed by atoms with Crippen molar-refractivity contribution in [2.24, 2.45) is 0 Å². The lowest BCUT2D eigenvalue weighted by Gasteiger charge is -2.17. The smallest absolute Gasteiger partial charge is 0.269 e. The lowest BCUT2D eigenvalue weighted by Crippen LogP contribution is -2.08. The maximum atomic E-state index is 10.5. The number of rotatable bonds is 3. The molecule has 0 radical (unpaired) electrons. The monoisotopic (exact) mass is 275 g/mol. The molecule has 1 N–H and O–H groups in total. The molecule has 3 rings (SSSR count). The van der Waals surface area contributed by atoms with Crippen molar-refractivity contribution in [3.05, 3.63) is 70.4 Å². The second-order valence-corrected chi connectivity index (χ2v) is 4.63. The highest BCUT2D eigenvalue weighted by Gasteiger charge is 2.16. The Balaban J connectivity index is 1.75. The van der Waals surface area contributed by atoms with Crippen LogP contribution in [0.2, 0.25) is 0 Å². The third kappa shape index (κ3) is 2.41.